The first-order valence-electron chi connectivity index (χ1n) is 29.3. The van der Waals surface area contributed by atoms with E-state index in [0.29, 0.717) is 12.8 Å². The molecule has 0 aromatic rings. The van der Waals surface area contributed by atoms with Crippen LogP contribution in [-0.4, -0.2) is 193 Å². The van der Waals surface area contributed by atoms with Gasteiger partial charge in [-0.05, 0) is 12.8 Å². The van der Waals surface area contributed by atoms with Crippen molar-refractivity contribution >= 4 is 5.91 Å². The standard InChI is InChI=1S/C55H105NO18/c1-3-5-7-9-11-13-15-16-17-18-19-20-21-23-25-27-29-31-33-43(61)56-38(39(60)32-30-28-26-24-22-14-12-10-8-6-4-2)37-69-53-49(67)46(64)51(41(35-58)71-53)74-55-50(68)47(65)52(42(36-59)72-55)73-54-48(66)45(63)44(62)40(34-57)70-54/h38-42,44-55,57-60,62-68H,3-37H2,1-2H3,(H,56,61). The summed E-state index contributed by atoms with van der Waals surface area (Å²) >= 11 is 0. The average Bonchev–Trinajstić information content (AvgIpc) is 3.40. The number of amides is 1. The minimum Gasteiger partial charge on any atom is -0.394 e. The minimum absolute atomic E-state index is 0.241. The highest BCUT2D eigenvalue weighted by Crippen LogP contribution is 2.33. The fourth-order valence-corrected chi connectivity index (χ4v) is 10.3. The van der Waals surface area contributed by atoms with Gasteiger partial charge in [0.2, 0.25) is 5.91 Å². The Hall–Kier alpha value is -1.21. The number of hydrogen-bond acceptors (Lipinski definition) is 18. The van der Waals surface area contributed by atoms with Crippen LogP contribution in [0, 0.1) is 0 Å². The molecule has 3 fully saturated rings. The summed E-state index contributed by atoms with van der Waals surface area (Å²) in [5.41, 5.74) is 0. The Kier molecular flexibility index (Phi) is 36.3. The Labute approximate surface area is 443 Å². The Morgan fingerprint density at radius 2 is 0.770 bits per heavy atom. The molecule has 3 aliphatic rings. The molecule has 0 radical (unpaired) electrons. The lowest BCUT2D eigenvalue weighted by Gasteiger charge is -2.48. The van der Waals surface area contributed by atoms with Crippen LogP contribution < -0.4 is 5.32 Å². The third kappa shape index (κ3) is 24.4. The van der Waals surface area contributed by atoms with Crippen LogP contribution in [0.5, 0.6) is 0 Å². The van der Waals surface area contributed by atoms with Crippen LogP contribution in [0.4, 0.5) is 0 Å². The number of nitrogens with one attached hydrogen (secondary N) is 1. The number of hydrogen-bond donors (Lipinski definition) is 12. The molecule has 438 valence electrons. The van der Waals surface area contributed by atoms with Gasteiger partial charge >= 0.3 is 0 Å². The summed E-state index contributed by atoms with van der Waals surface area (Å²) in [6, 6.07) is -0.878. The van der Waals surface area contributed by atoms with Gasteiger partial charge in [0.15, 0.2) is 18.9 Å². The van der Waals surface area contributed by atoms with Crippen LogP contribution in [0.15, 0.2) is 0 Å². The Morgan fingerprint density at radius 1 is 0.432 bits per heavy atom. The summed E-state index contributed by atoms with van der Waals surface area (Å²) in [7, 11) is 0. The Morgan fingerprint density at radius 3 is 1.18 bits per heavy atom. The number of unbranched alkanes of at least 4 members (excludes halogenated alkanes) is 27. The van der Waals surface area contributed by atoms with Gasteiger partial charge in [-0.3, -0.25) is 4.79 Å². The molecule has 19 heteroatoms. The van der Waals surface area contributed by atoms with E-state index in [9.17, 15) is 61.0 Å². The Bertz CT molecular complexity index is 1370. The molecule has 1 amide bonds. The number of carbonyl (C=O) groups is 1. The predicted molar refractivity (Wildman–Crippen MR) is 277 cm³/mol. The molecule has 0 aromatic heterocycles. The third-order valence-electron chi connectivity index (χ3n) is 15.2. The normalized spacial score (nSPS) is 31.4. The van der Waals surface area contributed by atoms with Crippen molar-refractivity contribution in [3.05, 3.63) is 0 Å². The Balaban J connectivity index is 1.49. The molecule has 0 spiro atoms. The van der Waals surface area contributed by atoms with E-state index in [-0.39, 0.29) is 18.9 Å². The molecular formula is C55H105NO18. The maximum absolute atomic E-state index is 13.3. The largest absolute Gasteiger partial charge is 0.394 e. The molecule has 74 heavy (non-hydrogen) atoms. The van der Waals surface area contributed by atoms with E-state index < -0.39 is 124 Å². The van der Waals surface area contributed by atoms with Crippen molar-refractivity contribution in [3.8, 4) is 0 Å². The van der Waals surface area contributed by atoms with Crippen molar-refractivity contribution in [1.29, 1.82) is 0 Å². The van der Waals surface area contributed by atoms with Crippen molar-refractivity contribution in [2.24, 2.45) is 0 Å². The predicted octanol–water partition coefficient (Wildman–Crippen LogP) is 4.43. The molecule has 17 atom stereocenters. The van der Waals surface area contributed by atoms with E-state index in [2.05, 4.69) is 19.2 Å². The highest BCUT2D eigenvalue weighted by atomic mass is 16.8. The molecule has 0 aliphatic carbocycles. The number of ether oxygens (including phenoxy) is 6. The van der Waals surface area contributed by atoms with Crippen LogP contribution in [0.1, 0.15) is 213 Å². The smallest absolute Gasteiger partial charge is 0.220 e. The van der Waals surface area contributed by atoms with Crippen molar-refractivity contribution in [3.63, 3.8) is 0 Å². The minimum atomic E-state index is -1.97. The van der Waals surface area contributed by atoms with E-state index in [1.54, 1.807) is 0 Å². The van der Waals surface area contributed by atoms with Crippen LogP contribution in [-0.2, 0) is 33.2 Å². The lowest BCUT2D eigenvalue weighted by molar-refractivity contribution is -0.379. The van der Waals surface area contributed by atoms with Gasteiger partial charge in [-0.25, -0.2) is 0 Å². The van der Waals surface area contributed by atoms with Gasteiger partial charge < -0.3 is 89.9 Å². The van der Waals surface area contributed by atoms with E-state index in [1.807, 2.05) is 0 Å². The van der Waals surface area contributed by atoms with Crippen molar-refractivity contribution in [1.82, 2.24) is 5.32 Å². The fraction of sp³-hybridized carbons (Fsp3) is 0.982. The van der Waals surface area contributed by atoms with Crippen LogP contribution in [0.3, 0.4) is 0 Å². The van der Waals surface area contributed by atoms with Gasteiger partial charge in [0, 0.05) is 6.42 Å². The quantitative estimate of drug-likeness (QED) is 0.0376. The zero-order valence-electron chi connectivity index (χ0n) is 45.3. The van der Waals surface area contributed by atoms with E-state index in [4.69, 9.17) is 28.4 Å². The van der Waals surface area contributed by atoms with Crippen LogP contribution in [0.2, 0.25) is 0 Å². The first kappa shape index (κ1) is 67.1. The zero-order valence-corrected chi connectivity index (χ0v) is 45.3. The number of rotatable bonds is 43. The van der Waals surface area contributed by atoms with Gasteiger partial charge in [0.05, 0.1) is 38.6 Å². The molecule has 12 N–H and O–H groups in total. The van der Waals surface area contributed by atoms with Gasteiger partial charge in [-0.1, -0.05) is 194 Å². The highest BCUT2D eigenvalue weighted by molar-refractivity contribution is 5.76. The molecule has 0 bridgehead atoms. The lowest BCUT2D eigenvalue weighted by Crippen LogP contribution is -2.66. The summed E-state index contributed by atoms with van der Waals surface area (Å²) in [5, 5.41) is 120. The summed E-state index contributed by atoms with van der Waals surface area (Å²) in [5.74, 6) is -0.241. The maximum Gasteiger partial charge on any atom is 0.220 e. The van der Waals surface area contributed by atoms with Crippen molar-refractivity contribution in [2.75, 3.05) is 26.4 Å². The first-order valence-corrected chi connectivity index (χ1v) is 29.3. The molecule has 3 rings (SSSR count). The van der Waals surface area contributed by atoms with Crippen LogP contribution in [0.25, 0.3) is 0 Å². The molecule has 3 saturated heterocycles. The monoisotopic (exact) mass is 1070 g/mol. The second-order valence-electron chi connectivity index (χ2n) is 21.5. The van der Waals surface area contributed by atoms with E-state index in [1.165, 1.54) is 135 Å². The first-order chi connectivity index (χ1) is 35.8. The number of aliphatic hydroxyl groups excluding tert-OH is 11. The maximum atomic E-state index is 13.3. The summed E-state index contributed by atoms with van der Waals surface area (Å²) in [6.07, 6.45) is 9.12. The number of aliphatic hydroxyl groups is 11. The third-order valence-corrected chi connectivity index (χ3v) is 15.2. The van der Waals surface area contributed by atoms with Crippen molar-refractivity contribution in [2.45, 2.75) is 317 Å². The molecule has 19 nitrogen and oxygen atoms in total. The topological polar surface area (TPSA) is 307 Å². The van der Waals surface area contributed by atoms with Crippen LogP contribution >= 0.6 is 0 Å². The van der Waals surface area contributed by atoms with Crippen molar-refractivity contribution < 1.29 is 89.4 Å². The van der Waals surface area contributed by atoms with Gasteiger partial charge in [0.1, 0.15) is 73.2 Å². The lowest BCUT2D eigenvalue weighted by atomic mass is 9.96. The fourth-order valence-electron chi connectivity index (χ4n) is 10.3. The highest BCUT2D eigenvalue weighted by Gasteiger charge is 2.53. The van der Waals surface area contributed by atoms with Gasteiger partial charge in [0.25, 0.3) is 0 Å². The van der Waals surface area contributed by atoms with E-state index >= 15 is 0 Å². The van der Waals surface area contributed by atoms with Gasteiger partial charge in [-0.15, -0.1) is 0 Å². The average molecular weight is 1070 g/mol. The SMILES string of the molecule is CCCCCCCCCCCCCCCCCCCCC(=O)NC(COC1OC(CO)C(OC2OC(CO)C(OC3OC(CO)C(O)C(O)C3O)C(O)C2O)C(O)C1O)C(O)CCCCCCCCCCCCC. The summed E-state index contributed by atoms with van der Waals surface area (Å²) in [6.45, 7) is 1.78. The number of carbonyl (C=O) groups excluding carboxylic acids is 1. The molecule has 0 aromatic carbocycles. The molecular weight excluding hydrogens is 963 g/mol. The van der Waals surface area contributed by atoms with Gasteiger partial charge in [-0.2, -0.15) is 0 Å². The second kappa shape index (κ2) is 40.0. The summed E-state index contributed by atoms with van der Waals surface area (Å²) < 4.78 is 34.2. The second-order valence-corrected chi connectivity index (χ2v) is 21.5. The molecule has 3 aliphatic heterocycles. The zero-order chi connectivity index (χ0) is 54.1. The molecule has 3 heterocycles. The summed E-state index contributed by atoms with van der Waals surface area (Å²) in [4.78, 5) is 13.3. The molecule has 0 saturated carbocycles. The molecule has 17 unspecified atom stereocenters. The van der Waals surface area contributed by atoms with E-state index in [0.717, 1.165) is 44.9 Å².